The van der Waals surface area contributed by atoms with Crippen LogP contribution in [0.4, 0.5) is 11.4 Å². The Kier molecular flexibility index (Phi) is 3.84. The Morgan fingerprint density at radius 1 is 1.40 bits per heavy atom. The van der Waals surface area contributed by atoms with Gasteiger partial charge in [-0.25, -0.2) is 0 Å². The molecular weight excluding hydrogens is 258 g/mol. The molecule has 1 aromatic rings. The average Bonchev–Trinajstić information content (AvgIpc) is 3.30. The molecule has 20 heavy (non-hydrogen) atoms. The first kappa shape index (κ1) is 13.3. The average molecular weight is 277 g/mol. The van der Waals surface area contributed by atoms with Crippen molar-refractivity contribution in [2.24, 2.45) is 0 Å². The van der Waals surface area contributed by atoms with E-state index in [0.29, 0.717) is 12.2 Å². The molecule has 0 aromatic heterocycles. The number of morpholine rings is 1. The minimum absolute atomic E-state index is 0.101. The van der Waals surface area contributed by atoms with Crippen molar-refractivity contribution in [3.63, 3.8) is 0 Å². The van der Waals surface area contributed by atoms with Crippen LogP contribution in [0.5, 0.6) is 0 Å². The summed E-state index contributed by atoms with van der Waals surface area (Å²) in [5.74, 6) is 0. The first-order chi connectivity index (χ1) is 9.74. The van der Waals surface area contributed by atoms with Gasteiger partial charge in [0.1, 0.15) is 5.69 Å². The Labute approximate surface area is 117 Å². The van der Waals surface area contributed by atoms with Crippen molar-refractivity contribution >= 4 is 11.4 Å². The minimum atomic E-state index is -0.361. The Morgan fingerprint density at radius 2 is 2.20 bits per heavy atom. The van der Waals surface area contributed by atoms with Crippen LogP contribution < -0.4 is 5.32 Å². The summed E-state index contributed by atoms with van der Waals surface area (Å²) in [5, 5.41) is 14.1. The van der Waals surface area contributed by atoms with Crippen LogP contribution in [0.3, 0.4) is 0 Å². The minimum Gasteiger partial charge on any atom is -0.377 e. The highest BCUT2D eigenvalue weighted by molar-refractivity contribution is 5.61. The van der Waals surface area contributed by atoms with Crippen molar-refractivity contribution in [1.29, 1.82) is 0 Å². The van der Waals surface area contributed by atoms with Gasteiger partial charge >= 0.3 is 0 Å². The van der Waals surface area contributed by atoms with Crippen LogP contribution in [-0.4, -0.2) is 48.2 Å². The fourth-order valence-electron chi connectivity index (χ4n) is 2.64. The number of hydrogen-bond donors (Lipinski definition) is 1. The maximum Gasteiger partial charge on any atom is 0.292 e. The van der Waals surface area contributed by atoms with Crippen LogP contribution in [0.15, 0.2) is 24.3 Å². The van der Waals surface area contributed by atoms with Gasteiger partial charge in [-0.1, -0.05) is 12.1 Å². The molecule has 6 nitrogen and oxygen atoms in total. The van der Waals surface area contributed by atoms with E-state index in [2.05, 4.69) is 10.2 Å². The molecule has 3 rings (SSSR count). The predicted octanol–water partition coefficient (Wildman–Crippen LogP) is 1.87. The number of nitro groups is 1. The van der Waals surface area contributed by atoms with Crippen molar-refractivity contribution in [1.82, 2.24) is 4.90 Å². The number of anilines is 1. The second kappa shape index (κ2) is 5.76. The monoisotopic (exact) mass is 277 g/mol. The van der Waals surface area contributed by atoms with E-state index < -0.39 is 0 Å². The van der Waals surface area contributed by atoms with Crippen LogP contribution in [0.25, 0.3) is 0 Å². The molecule has 0 radical (unpaired) electrons. The standard InChI is InChI=1S/C14H19N3O3/c18-17(19)14-4-2-1-3-13(14)15-9-12-10-16(7-8-20-12)11-5-6-11/h1-4,11-12,15H,5-10H2/t12-/m0/s1. The molecule has 1 saturated carbocycles. The van der Waals surface area contributed by atoms with E-state index in [1.54, 1.807) is 18.2 Å². The zero-order chi connectivity index (χ0) is 13.9. The quantitative estimate of drug-likeness (QED) is 0.657. The summed E-state index contributed by atoms with van der Waals surface area (Å²) < 4.78 is 5.73. The molecule has 1 heterocycles. The van der Waals surface area contributed by atoms with Crippen LogP contribution in [0, 0.1) is 10.1 Å². The molecule has 2 aliphatic rings. The molecule has 2 fully saturated rings. The highest BCUT2D eigenvalue weighted by Crippen LogP contribution is 2.28. The summed E-state index contributed by atoms with van der Waals surface area (Å²) in [6.07, 6.45) is 2.69. The molecule has 1 aromatic carbocycles. The zero-order valence-electron chi connectivity index (χ0n) is 11.3. The number of para-hydroxylation sites is 2. The third-order valence-corrected chi connectivity index (χ3v) is 3.85. The van der Waals surface area contributed by atoms with Crippen LogP contribution >= 0.6 is 0 Å². The fourth-order valence-corrected chi connectivity index (χ4v) is 2.64. The summed E-state index contributed by atoms with van der Waals surface area (Å²) in [4.78, 5) is 13.1. The second-order valence-corrected chi connectivity index (χ2v) is 5.37. The third kappa shape index (κ3) is 3.08. The molecule has 0 spiro atoms. The molecule has 0 unspecified atom stereocenters. The number of benzene rings is 1. The highest BCUT2D eigenvalue weighted by Gasteiger charge is 2.32. The molecule has 0 amide bonds. The lowest BCUT2D eigenvalue weighted by molar-refractivity contribution is -0.384. The number of nitrogens with zero attached hydrogens (tertiary/aromatic N) is 2. The molecule has 1 saturated heterocycles. The van der Waals surface area contributed by atoms with Crippen molar-refractivity contribution in [3.8, 4) is 0 Å². The van der Waals surface area contributed by atoms with Gasteiger partial charge in [-0.3, -0.25) is 15.0 Å². The Hall–Kier alpha value is -1.66. The normalized spacial score (nSPS) is 23.5. The maximum absolute atomic E-state index is 10.9. The molecule has 1 aliphatic carbocycles. The lowest BCUT2D eigenvalue weighted by atomic mass is 10.2. The fraction of sp³-hybridized carbons (Fsp3) is 0.571. The molecule has 0 bridgehead atoms. The van der Waals surface area contributed by atoms with Gasteiger partial charge in [-0.05, 0) is 18.9 Å². The summed E-state index contributed by atoms with van der Waals surface area (Å²) in [7, 11) is 0. The van der Waals surface area contributed by atoms with Gasteiger partial charge in [0.2, 0.25) is 0 Å². The van der Waals surface area contributed by atoms with Crippen molar-refractivity contribution in [3.05, 3.63) is 34.4 Å². The Morgan fingerprint density at radius 3 is 2.95 bits per heavy atom. The summed E-state index contributed by atoms with van der Waals surface area (Å²) in [5.41, 5.74) is 0.673. The van der Waals surface area contributed by atoms with Gasteiger partial charge in [0.15, 0.2) is 0 Å². The zero-order valence-corrected chi connectivity index (χ0v) is 11.3. The lowest BCUT2D eigenvalue weighted by Crippen LogP contribution is -2.46. The van der Waals surface area contributed by atoms with E-state index in [4.69, 9.17) is 4.74 Å². The van der Waals surface area contributed by atoms with Gasteiger partial charge in [0.25, 0.3) is 5.69 Å². The number of nitro benzene ring substituents is 1. The van der Waals surface area contributed by atoms with Gasteiger partial charge in [-0.2, -0.15) is 0 Å². The van der Waals surface area contributed by atoms with E-state index in [0.717, 1.165) is 25.7 Å². The summed E-state index contributed by atoms with van der Waals surface area (Å²) in [6, 6.07) is 7.47. The SMILES string of the molecule is O=[N+]([O-])c1ccccc1NC[C@H]1CN(C2CC2)CCO1. The first-order valence-corrected chi connectivity index (χ1v) is 7.07. The smallest absolute Gasteiger partial charge is 0.292 e. The van der Waals surface area contributed by atoms with Crippen LogP contribution in [0.1, 0.15) is 12.8 Å². The van der Waals surface area contributed by atoms with E-state index in [-0.39, 0.29) is 16.7 Å². The van der Waals surface area contributed by atoms with Gasteiger partial charge in [0.05, 0.1) is 17.6 Å². The van der Waals surface area contributed by atoms with Crippen molar-refractivity contribution in [2.45, 2.75) is 25.0 Å². The van der Waals surface area contributed by atoms with Gasteiger partial charge < -0.3 is 10.1 Å². The van der Waals surface area contributed by atoms with Crippen LogP contribution in [0.2, 0.25) is 0 Å². The topological polar surface area (TPSA) is 67.6 Å². The van der Waals surface area contributed by atoms with E-state index >= 15 is 0 Å². The van der Waals surface area contributed by atoms with Gasteiger partial charge in [0, 0.05) is 31.7 Å². The highest BCUT2D eigenvalue weighted by atomic mass is 16.6. The molecular formula is C14H19N3O3. The van der Waals surface area contributed by atoms with Crippen LogP contribution in [-0.2, 0) is 4.74 Å². The molecule has 1 aliphatic heterocycles. The van der Waals surface area contributed by atoms with Gasteiger partial charge in [-0.15, -0.1) is 0 Å². The first-order valence-electron chi connectivity index (χ1n) is 7.07. The number of ether oxygens (including phenoxy) is 1. The van der Waals surface area contributed by atoms with E-state index in [1.807, 2.05) is 0 Å². The molecule has 1 N–H and O–H groups in total. The largest absolute Gasteiger partial charge is 0.377 e. The number of rotatable bonds is 5. The maximum atomic E-state index is 10.9. The number of hydrogen-bond acceptors (Lipinski definition) is 5. The van der Waals surface area contributed by atoms with E-state index in [1.165, 1.54) is 18.9 Å². The Bertz CT molecular complexity index is 490. The summed E-state index contributed by atoms with van der Waals surface area (Å²) >= 11 is 0. The van der Waals surface area contributed by atoms with E-state index in [9.17, 15) is 10.1 Å². The molecule has 108 valence electrons. The number of nitrogens with one attached hydrogen (secondary N) is 1. The Balaban J connectivity index is 1.57. The predicted molar refractivity (Wildman–Crippen MR) is 75.9 cm³/mol. The molecule has 1 atom stereocenters. The third-order valence-electron chi connectivity index (χ3n) is 3.85. The second-order valence-electron chi connectivity index (χ2n) is 5.37. The molecule has 6 heteroatoms. The van der Waals surface area contributed by atoms with Crippen molar-refractivity contribution < 1.29 is 9.66 Å². The summed E-state index contributed by atoms with van der Waals surface area (Å²) in [6.45, 7) is 3.28. The van der Waals surface area contributed by atoms with Crippen molar-refractivity contribution in [2.75, 3.05) is 31.6 Å². The lowest BCUT2D eigenvalue weighted by Gasteiger charge is -2.33.